The van der Waals surface area contributed by atoms with Crippen LogP contribution in [0.2, 0.25) is 0 Å². The first-order chi connectivity index (χ1) is 9.76. The molecule has 20 heavy (non-hydrogen) atoms. The summed E-state index contributed by atoms with van der Waals surface area (Å²) < 4.78 is 0. The molecule has 102 valence electrons. The first-order valence-electron chi connectivity index (χ1n) is 6.58. The van der Waals surface area contributed by atoms with E-state index in [9.17, 15) is 0 Å². The zero-order chi connectivity index (χ0) is 13.9. The average Bonchev–Trinajstić information content (AvgIpc) is 2.93. The van der Waals surface area contributed by atoms with Gasteiger partial charge in [0.05, 0.1) is 5.39 Å². The van der Waals surface area contributed by atoms with Crippen molar-refractivity contribution in [2.75, 3.05) is 17.7 Å². The quantitative estimate of drug-likeness (QED) is 0.680. The van der Waals surface area contributed by atoms with Crippen molar-refractivity contribution < 1.29 is 0 Å². The lowest BCUT2D eigenvalue weighted by Crippen LogP contribution is -2.04. The molecule has 0 unspecified atom stereocenters. The van der Waals surface area contributed by atoms with E-state index >= 15 is 0 Å². The van der Waals surface area contributed by atoms with Crippen LogP contribution in [-0.4, -0.2) is 22.0 Å². The van der Waals surface area contributed by atoms with Gasteiger partial charge in [-0.25, -0.2) is 9.97 Å². The highest BCUT2D eigenvalue weighted by Crippen LogP contribution is 2.20. The first kappa shape index (κ1) is 12.5. The minimum Gasteiger partial charge on any atom is -0.388 e. The van der Waals surface area contributed by atoms with E-state index in [1.165, 1.54) is 5.56 Å². The van der Waals surface area contributed by atoms with Crippen molar-refractivity contribution in [3.05, 3.63) is 47.9 Å². The molecule has 0 fully saturated rings. The molecule has 3 aromatic rings. The second-order valence-corrected chi connectivity index (χ2v) is 4.66. The number of hydrogen-bond acceptors (Lipinski definition) is 4. The fourth-order valence-corrected chi connectivity index (χ4v) is 2.21. The van der Waals surface area contributed by atoms with Crippen LogP contribution in [0.25, 0.3) is 11.0 Å². The van der Waals surface area contributed by atoms with E-state index in [1.807, 2.05) is 38.4 Å². The number of fused-ring (bicyclic) bond motifs is 1. The largest absolute Gasteiger partial charge is 0.388 e. The van der Waals surface area contributed by atoms with E-state index in [4.69, 9.17) is 0 Å². The Kier molecular flexibility index (Phi) is 3.25. The zero-order valence-electron chi connectivity index (χ0n) is 11.6. The van der Waals surface area contributed by atoms with E-state index in [1.54, 1.807) is 0 Å². The van der Waals surface area contributed by atoms with Crippen LogP contribution in [0.3, 0.4) is 0 Å². The maximum absolute atomic E-state index is 4.47. The predicted molar refractivity (Wildman–Crippen MR) is 81.9 cm³/mol. The monoisotopic (exact) mass is 267 g/mol. The minimum atomic E-state index is 0.728. The number of aryl methyl sites for hydroxylation is 1. The second-order valence-electron chi connectivity index (χ2n) is 4.66. The molecule has 0 atom stereocenters. The van der Waals surface area contributed by atoms with Crippen LogP contribution in [0, 0.1) is 6.92 Å². The number of hydrogen-bond donors (Lipinski definition) is 3. The van der Waals surface area contributed by atoms with Crippen LogP contribution in [0.1, 0.15) is 11.4 Å². The molecule has 0 saturated heterocycles. The Morgan fingerprint density at radius 1 is 1.20 bits per heavy atom. The highest BCUT2D eigenvalue weighted by molar-refractivity contribution is 5.86. The molecule has 0 radical (unpaired) electrons. The number of aromatic nitrogens is 3. The van der Waals surface area contributed by atoms with E-state index in [-0.39, 0.29) is 0 Å². The van der Waals surface area contributed by atoms with Gasteiger partial charge in [-0.3, -0.25) is 0 Å². The van der Waals surface area contributed by atoms with Crippen LogP contribution in [0.4, 0.5) is 11.5 Å². The third kappa shape index (κ3) is 2.42. The molecule has 0 saturated carbocycles. The Morgan fingerprint density at radius 2 is 2.10 bits per heavy atom. The van der Waals surface area contributed by atoms with E-state index < -0.39 is 0 Å². The van der Waals surface area contributed by atoms with Crippen molar-refractivity contribution in [1.29, 1.82) is 0 Å². The maximum Gasteiger partial charge on any atom is 0.143 e. The number of nitrogens with one attached hydrogen (secondary N) is 3. The van der Waals surface area contributed by atoms with Gasteiger partial charge >= 0.3 is 0 Å². The molecular weight excluding hydrogens is 250 g/mol. The summed E-state index contributed by atoms with van der Waals surface area (Å²) in [6, 6.07) is 10.3. The van der Waals surface area contributed by atoms with Gasteiger partial charge in [0.15, 0.2) is 0 Å². The fraction of sp³-hybridized carbons (Fsp3) is 0.200. The predicted octanol–water partition coefficient (Wildman–Crippen LogP) is 2.92. The smallest absolute Gasteiger partial charge is 0.143 e. The number of nitrogens with zero attached hydrogens (tertiary/aromatic N) is 2. The molecule has 0 bridgehead atoms. The second kappa shape index (κ2) is 5.21. The lowest BCUT2D eigenvalue weighted by atomic mass is 10.2. The van der Waals surface area contributed by atoms with Gasteiger partial charge in [0.2, 0.25) is 0 Å². The zero-order valence-corrected chi connectivity index (χ0v) is 11.6. The van der Waals surface area contributed by atoms with Crippen molar-refractivity contribution in [3.8, 4) is 0 Å². The van der Waals surface area contributed by atoms with Gasteiger partial charge < -0.3 is 15.6 Å². The number of H-pyrrole nitrogens is 1. The average molecular weight is 267 g/mol. The van der Waals surface area contributed by atoms with E-state index in [0.29, 0.717) is 0 Å². The number of benzene rings is 1. The molecular formula is C15H17N5. The van der Waals surface area contributed by atoms with Crippen LogP contribution in [-0.2, 0) is 6.54 Å². The van der Waals surface area contributed by atoms with Crippen molar-refractivity contribution in [2.24, 2.45) is 0 Å². The van der Waals surface area contributed by atoms with Gasteiger partial charge in [0.25, 0.3) is 0 Å². The summed E-state index contributed by atoms with van der Waals surface area (Å²) >= 11 is 0. The normalized spacial score (nSPS) is 10.7. The summed E-state index contributed by atoms with van der Waals surface area (Å²) in [7, 11) is 1.92. The standard InChI is InChI=1S/C15H17N5/c1-10-19-14-13(6-7-17-14)15(20-10)18-9-11-4-3-5-12(8-11)16-2/h3-8,16H,9H2,1-2H3,(H2,17,18,19,20). The molecule has 2 aromatic heterocycles. The fourth-order valence-electron chi connectivity index (χ4n) is 2.21. The van der Waals surface area contributed by atoms with Crippen molar-refractivity contribution in [1.82, 2.24) is 15.0 Å². The van der Waals surface area contributed by atoms with Crippen LogP contribution in [0.15, 0.2) is 36.5 Å². The molecule has 3 N–H and O–H groups in total. The molecule has 5 nitrogen and oxygen atoms in total. The molecule has 0 spiro atoms. The Labute approximate surface area is 117 Å². The summed E-state index contributed by atoms with van der Waals surface area (Å²) in [5, 5.41) is 7.54. The van der Waals surface area contributed by atoms with Crippen LogP contribution < -0.4 is 10.6 Å². The third-order valence-corrected chi connectivity index (χ3v) is 3.20. The van der Waals surface area contributed by atoms with Gasteiger partial charge in [0.1, 0.15) is 17.3 Å². The molecule has 0 amide bonds. The van der Waals surface area contributed by atoms with Crippen molar-refractivity contribution >= 4 is 22.5 Å². The Balaban J connectivity index is 1.84. The summed E-state index contributed by atoms with van der Waals surface area (Å²) in [4.78, 5) is 12.0. The first-order valence-corrected chi connectivity index (χ1v) is 6.58. The number of aromatic amines is 1. The van der Waals surface area contributed by atoms with Crippen LogP contribution in [0.5, 0.6) is 0 Å². The summed E-state index contributed by atoms with van der Waals surface area (Å²) in [5.41, 5.74) is 3.18. The highest BCUT2D eigenvalue weighted by Gasteiger charge is 2.06. The van der Waals surface area contributed by atoms with Gasteiger partial charge in [-0.15, -0.1) is 0 Å². The summed E-state index contributed by atoms with van der Waals surface area (Å²) in [6.45, 7) is 2.62. The van der Waals surface area contributed by atoms with E-state index in [2.05, 4.69) is 37.7 Å². The van der Waals surface area contributed by atoms with Crippen molar-refractivity contribution in [2.45, 2.75) is 13.5 Å². The molecule has 0 aliphatic heterocycles. The Bertz CT molecular complexity index is 732. The Hall–Kier alpha value is -2.56. The third-order valence-electron chi connectivity index (χ3n) is 3.20. The van der Waals surface area contributed by atoms with Crippen LogP contribution >= 0.6 is 0 Å². The lowest BCUT2D eigenvalue weighted by molar-refractivity contribution is 1.05. The number of anilines is 2. The molecule has 2 heterocycles. The highest BCUT2D eigenvalue weighted by atomic mass is 15.0. The SMILES string of the molecule is CNc1cccc(CNc2nc(C)nc3[nH]ccc23)c1. The van der Waals surface area contributed by atoms with Crippen molar-refractivity contribution in [3.63, 3.8) is 0 Å². The molecule has 5 heteroatoms. The van der Waals surface area contributed by atoms with Gasteiger partial charge in [-0.1, -0.05) is 12.1 Å². The van der Waals surface area contributed by atoms with Gasteiger partial charge in [-0.05, 0) is 30.7 Å². The molecule has 0 aliphatic carbocycles. The van der Waals surface area contributed by atoms with Gasteiger partial charge in [0, 0.05) is 25.5 Å². The van der Waals surface area contributed by atoms with E-state index in [0.717, 1.165) is 34.9 Å². The summed E-state index contributed by atoms with van der Waals surface area (Å²) in [6.07, 6.45) is 1.88. The molecule has 0 aliphatic rings. The minimum absolute atomic E-state index is 0.728. The Morgan fingerprint density at radius 3 is 2.95 bits per heavy atom. The topological polar surface area (TPSA) is 65.6 Å². The van der Waals surface area contributed by atoms with Gasteiger partial charge in [-0.2, -0.15) is 0 Å². The molecule has 3 rings (SSSR count). The summed E-state index contributed by atoms with van der Waals surface area (Å²) in [5.74, 6) is 1.62. The lowest BCUT2D eigenvalue weighted by Gasteiger charge is -2.09. The molecule has 1 aromatic carbocycles. The maximum atomic E-state index is 4.47. The number of rotatable bonds is 4.